The van der Waals surface area contributed by atoms with Gasteiger partial charge in [0.05, 0.1) is 0 Å². The lowest BCUT2D eigenvalue weighted by atomic mass is 9.66. The van der Waals surface area contributed by atoms with E-state index in [-0.39, 0.29) is 0 Å². The van der Waals surface area contributed by atoms with Gasteiger partial charge < -0.3 is 0 Å². The quantitative estimate of drug-likeness (QED) is 0.310. The van der Waals surface area contributed by atoms with E-state index in [2.05, 4.69) is 57.7 Å². The lowest BCUT2D eigenvalue weighted by Gasteiger charge is -2.42. The molecule has 0 saturated heterocycles. The van der Waals surface area contributed by atoms with Gasteiger partial charge in [-0.1, -0.05) is 67.7 Å². The van der Waals surface area contributed by atoms with Crippen molar-refractivity contribution >= 4 is 9.24 Å². The SMILES string of the molecule is CCCCCC(CC(C)C)(CC(C)C)CC(C)(C)P. The topological polar surface area (TPSA) is 0 Å². The molecule has 0 N–H and O–H groups in total. The van der Waals surface area contributed by atoms with Gasteiger partial charge in [0.15, 0.2) is 0 Å². The third kappa shape index (κ3) is 9.89. The fraction of sp³-hybridized carbons (Fsp3) is 1.00. The summed E-state index contributed by atoms with van der Waals surface area (Å²) in [6.45, 7) is 16.6. The highest BCUT2D eigenvalue weighted by Crippen LogP contribution is 2.46. The van der Waals surface area contributed by atoms with Gasteiger partial charge in [-0.05, 0) is 48.1 Å². The van der Waals surface area contributed by atoms with E-state index in [1.54, 1.807) is 0 Å². The molecule has 19 heavy (non-hydrogen) atoms. The minimum atomic E-state index is 0.371. The standard InChI is InChI=1S/C18H39P/c1-8-9-10-11-18(12-15(2)3,13-16(4)5)14-17(6,7)19/h15-16H,8-14,19H2,1-7H3. The summed E-state index contributed by atoms with van der Waals surface area (Å²) in [6.07, 6.45) is 9.72. The van der Waals surface area contributed by atoms with Gasteiger partial charge >= 0.3 is 0 Å². The molecule has 0 amide bonds. The second-order valence-electron chi connectivity index (χ2n) is 8.32. The van der Waals surface area contributed by atoms with Crippen molar-refractivity contribution in [2.45, 2.75) is 98.6 Å². The molecule has 0 aliphatic heterocycles. The minimum Gasteiger partial charge on any atom is -0.132 e. The Hall–Kier alpha value is 0.430. The average Bonchev–Trinajstić information content (AvgIpc) is 2.12. The van der Waals surface area contributed by atoms with Crippen LogP contribution in [0, 0.1) is 17.3 Å². The first-order valence-corrected chi connectivity index (χ1v) is 8.97. The second-order valence-corrected chi connectivity index (χ2v) is 9.88. The molecule has 0 aromatic rings. The van der Waals surface area contributed by atoms with Crippen molar-refractivity contribution in [1.82, 2.24) is 0 Å². The van der Waals surface area contributed by atoms with Crippen molar-refractivity contribution < 1.29 is 0 Å². The van der Waals surface area contributed by atoms with E-state index in [1.165, 1.54) is 44.9 Å². The molecule has 1 atom stereocenters. The number of unbranched alkanes of at least 4 members (excludes halogenated alkanes) is 2. The molecule has 1 unspecified atom stereocenters. The second kappa shape index (κ2) is 8.66. The monoisotopic (exact) mass is 286 g/mol. The van der Waals surface area contributed by atoms with E-state index in [1.807, 2.05) is 0 Å². The molecule has 0 spiro atoms. The van der Waals surface area contributed by atoms with E-state index in [4.69, 9.17) is 0 Å². The maximum absolute atomic E-state index is 3.08. The highest BCUT2D eigenvalue weighted by Gasteiger charge is 2.35. The number of hydrogen-bond acceptors (Lipinski definition) is 0. The summed E-state index contributed by atoms with van der Waals surface area (Å²) in [6, 6.07) is 0. The molecule has 0 aliphatic rings. The summed E-state index contributed by atoms with van der Waals surface area (Å²) in [7, 11) is 3.08. The van der Waals surface area contributed by atoms with Crippen LogP contribution in [0.1, 0.15) is 93.4 Å². The Labute approximate surface area is 125 Å². The number of rotatable bonds is 10. The molecular weight excluding hydrogens is 247 g/mol. The third-order valence-corrected chi connectivity index (χ3v) is 4.03. The molecule has 0 fully saturated rings. The average molecular weight is 286 g/mol. The van der Waals surface area contributed by atoms with Crippen LogP contribution in [0.25, 0.3) is 0 Å². The lowest BCUT2D eigenvalue weighted by Crippen LogP contribution is -2.32. The molecule has 0 aromatic carbocycles. The zero-order valence-electron chi connectivity index (χ0n) is 14.7. The molecule has 0 radical (unpaired) electrons. The number of hydrogen-bond donors (Lipinski definition) is 0. The Kier molecular flexibility index (Phi) is 8.85. The van der Waals surface area contributed by atoms with Crippen molar-refractivity contribution in [3.05, 3.63) is 0 Å². The van der Waals surface area contributed by atoms with E-state index >= 15 is 0 Å². The fourth-order valence-electron chi connectivity index (χ4n) is 3.97. The molecule has 0 aromatic heterocycles. The van der Waals surface area contributed by atoms with Gasteiger partial charge in [0.25, 0.3) is 0 Å². The normalized spacial score (nSPS) is 13.6. The van der Waals surface area contributed by atoms with Gasteiger partial charge in [-0.25, -0.2) is 0 Å². The fourth-order valence-corrected chi connectivity index (χ4v) is 4.40. The summed E-state index contributed by atoms with van der Waals surface area (Å²) in [5.74, 6) is 1.63. The molecule has 0 heterocycles. The van der Waals surface area contributed by atoms with Crippen LogP contribution < -0.4 is 0 Å². The molecule has 0 rings (SSSR count). The zero-order valence-corrected chi connectivity index (χ0v) is 15.8. The Morgan fingerprint density at radius 3 is 1.68 bits per heavy atom. The smallest absolute Gasteiger partial charge is 0.0201 e. The van der Waals surface area contributed by atoms with E-state index in [9.17, 15) is 0 Å². The first-order chi connectivity index (χ1) is 8.60. The minimum absolute atomic E-state index is 0.371. The lowest BCUT2D eigenvalue weighted by molar-refractivity contribution is 0.132. The predicted octanol–water partition coefficient (Wildman–Crippen LogP) is 6.69. The molecule has 1 heteroatoms. The van der Waals surface area contributed by atoms with Crippen LogP contribution in [0.5, 0.6) is 0 Å². The summed E-state index contributed by atoms with van der Waals surface area (Å²) in [5.41, 5.74) is 0.558. The molecule has 0 saturated carbocycles. The van der Waals surface area contributed by atoms with Gasteiger partial charge in [0.1, 0.15) is 0 Å². The summed E-state index contributed by atoms with van der Waals surface area (Å²) < 4.78 is 0. The Bertz CT molecular complexity index is 212. The maximum Gasteiger partial charge on any atom is -0.0201 e. The van der Waals surface area contributed by atoms with Crippen LogP contribution in [0.4, 0.5) is 0 Å². The first kappa shape index (κ1) is 19.4. The van der Waals surface area contributed by atoms with Crippen LogP contribution in [0.3, 0.4) is 0 Å². The van der Waals surface area contributed by atoms with Gasteiger partial charge in [0.2, 0.25) is 0 Å². The zero-order chi connectivity index (χ0) is 15.1. The molecular formula is C18H39P. The van der Waals surface area contributed by atoms with Gasteiger partial charge in [0, 0.05) is 0 Å². The van der Waals surface area contributed by atoms with E-state index in [0.29, 0.717) is 10.6 Å². The Morgan fingerprint density at radius 2 is 1.37 bits per heavy atom. The Morgan fingerprint density at radius 1 is 0.895 bits per heavy atom. The maximum atomic E-state index is 3.08. The highest BCUT2D eigenvalue weighted by molar-refractivity contribution is 7.18. The first-order valence-electron chi connectivity index (χ1n) is 8.39. The van der Waals surface area contributed by atoms with Crippen molar-refractivity contribution in [2.75, 3.05) is 0 Å². The molecule has 0 aliphatic carbocycles. The summed E-state index contributed by atoms with van der Waals surface area (Å²) in [5, 5.41) is 0.371. The van der Waals surface area contributed by atoms with Crippen LogP contribution in [-0.4, -0.2) is 5.16 Å². The Balaban J connectivity index is 4.95. The largest absolute Gasteiger partial charge is 0.132 e. The predicted molar refractivity (Wildman–Crippen MR) is 93.9 cm³/mol. The van der Waals surface area contributed by atoms with E-state index in [0.717, 1.165) is 11.8 Å². The highest BCUT2D eigenvalue weighted by atomic mass is 31.0. The van der Waals surface area contributed by atoms with Crippen molar-refractivity contribution in [3.63, 3.8) is 0 Å². The van der Waals surface area contributed by atoms with Gasteiger partial charge in [-0.15, -0.1) is 9.24 Å². The van der Waals surface area contributed by atoms with Crippen molar-refractivity contribution in [2.24, 2.45) is 17.3 Å². The molecule has 116 valence electrons. The summed E-state index contributed by atoms with van der Waals surface area (Å²) >= 11 is 0. The van der Waals surface area contributed by atoms with Crippen molar-refractivity contribution in [3.8, 4) is 0 Å². The van der Waals surface area contributed by atoms with E-state index < -0.39 is 0 Å². The van der Waals surface area contributed by atoms with Gasteiger partial charge in [-0.3, -0.25) is 0 Å². The van der Waals surface area contributed by atoms with Gasteiger partial charge in [-0.2, -0.15) is 0 Å². The molecule has 0 nitrogen and oxygen atoms in total. The van der Waals surface area contributed by atoms with Crippen LogP contribution in [-0.2, 0) is 0 Å². The van der Waals surface area contributed by atoms with Crippen molar-refractivity contribution in [1.29, 1.82) is 0 Å². The molecule has 0 bridgehead atoms. The van der Waals surface area contributed by atoms with Crippen LogP contribution >= 0.6 is 9.24 Å². The third-order valence-electron chi connectivity index (χ3n) is 3.82. The van der Waals surface area contributed by atoms with Crippen LogP contribution in [0.2, 0.25) is 0 Å². The van der Waals surface area contributed by atoms with Crippen LogP contribution in [0.15, 0.2) is 0 Å². The summed E-state index contributed by atoms with van der Waals surface area (Å²) in [4.78, 5) is 0.